The number of hydrogen-bond acceptors (Lipinski definition) is 2. The van der Waals surface area contributed by atoms with Crippen LogP contribution in [0.15, 0.2) is 12.3 Å². The van der Waals surface area contributed by atoms with E-state index in [1.54, 1.807) is 0 Å². The molecule has 1 aliphatic carbocycles. The van der Waals surface area contributed by atoms with Crippen LogP contribution in [-0.2, 0) is 4.74 Å². The van der Waals surface area contributed by atoms with E-state index < -0.39 is 6.10 Å². The fourth-order valence-corrected chi connectivity index (χ4v) is 3.07. The Labute approximate surface area is 79.6 Å². The first-order chi connectivity index (χ1) is 6.15. The van der Waals surface area contributed by atoms with Crippen LogP contribution in [0.5, 0.6) is 0 Å². The van der Waals surface area contributed by atoms with E-state index in [-0.39, 0.29) is 6.10 Å². The summed E-state index contributed by atoms with van der Waals surface area (Å²) in [4.78, 5) is 0. The first-order valence-corrected chi connectivity index (χ1v) is 5.18. The molecule has 2 rings (SSSR count). The molecule has 2 fully saturated rings. The van der Waals surface area contributed by atoms with Crippen molar-refractivity contribution < 1.29 is 9.84 Å². The van der Waals surface area contributed by atoms with Gasteiger partial charge in [-0.2, -0.15) is 0 Å². The Kier molecular flexibility index (Phi) is 2.11. The minimum Gasteiger partial charge on any atom is -0.492 e. The van der Waals surface area contributed by atoms with E-state index in [0.29, 0.717) is 23.5 Å². The zero-order valence-corrected chi connectivity index (χ0v) is 8.36. The Morgan fingerprint density at radius 3 is 2.92 bits per heavy atom. The summed E-state index contributed by atoms with van der Waals surface area (Å²) >= 11 is 0. The molecule has 2 heteroatoms. The molecule has 2 aliphatic rings. The molecular formula is C11H18O2. The van der Waals surface area contributed by atoms with Gasteiger partial charge < -0.3 is 9.84 Å². The molecule has 1 saturated heterocycles. The fraction of sp³-hybridized carbons (Fsp3) is 0.818. The fourth-order valence-electron chi connectivity index (χ4n) is 3.07. The summed E-state index contributed by atoms with van der Waals surface area (Å²) < 4.78 is 5.56. The lowest BCUT2D eigenvalue weighted by atomic mass is 9.85. The summed E-state index contributed by atoms with van der Waals surface area (Å²) in [5.41, 5.74) is 0. The van der Waals surface area contributed by atoms with Gasteiger partial charge in [0.1, 0.15) is 18.0 Å². The van der Waals surface area contributed by atoms with Gasteiger partial charge >= 0.3 is 0 Å². The normalized spacial score (nSPS) is 49.2. The van der Waals surface area contributed by atoms with Crippen molar-refractivity contribution in [2.24, 2.45) is 17.8 Å². The van der Waals surface area contributed by atoms with E-state index >= 15 is 0 Å². The van der Waals surface area contributed by atoms with Crippen LogP contribution in [0.3, 0.4) is 0 Å². The summed E-state index contributed by atoms with van der Waals surface area (Å²) in [6.45, 7) is 8.19. The quantitative estimate of drug-likeness (QED) is 0.671. The Morgan fingerprint density at radius 1 is 1.62 bits per heavy atom. The summed E-state index contributed by atoms with van der Waals surface area (Å²) in [6, 6.07) is 0. The van der Waals surface area contributed by atoms with Crippen LogP contribution in [0.2, 0.25) is 0 Å². The number of rotatable bonds is 1. The maximum absolute atomic E-state index is 9.86. The molecule has 0 bridgehead atoms. The smallest absolute Gasteiger partial charge is 0.118 e. The lowest BCUT2D eigenvalue weighted by Crippen LogP contribution is -2.25. The number of hydrogen-bond donors (Lipinski definition) is 1. The van der Waals surface area contributed by atoms with Crippen molar-refractivity contribution in [3.05, 3.63) is 12.3 Å². The third kappa shape index (κ3) is 1.19. The molecule has 1 heterocycles. The van der Waals surface area contributed by atoms with E-state index in [4.69, 9.17) is 4.74 Å². The molecule has 5 atom stereocenters. The first-order valence-electron chi connectivity index (χ1n) is 5.18. The van der Waals surface area contributed by atoms with Gasteiger partial charge in [-0.1, -0.05) is 26.8 Å². The van der Waals surface area contributed by atoms with E-state index in [2.05, 4.69) is 20.4 Å². The van der Waals surface area contributed by atoms with Gasteiger partial charge in [-0.05, 0) is 18.3 Å². The van der Waals surface area contributed by atoms with Crippen molar-refractivity contribution in [1.82, 2.24) is 0 Å². The maximum Gasteiger partial charge on any atom is 0.118 e. The second kappa shape index (κ2) is 3.02. The van der Waals surface area contributed by atoms with Crippen LogP contribution in [-0.4, -0.2) is 17.3 Å². The first kappa shape index (κ1) is 9.07. The third-order valence-electron chi connectivity index (χ3n) is 3.73. The molecule has 13 heavy (non-hydrogen) atoms. The molecule has 1 saturated carbocycles. The van der Waals surface area contributed by atoms with Crippen LogP contribution in [0, 0.1) is 17.8 Å². The molecular weight excluding hydrogens is 164 g/mol. The van der Waals surface area contributed by atoms with Crippen LogP contribution in [0.25, 0.3) is 0 Å². The molecule has 1 N–H and O–H groups in total. The Balaban J connectivity index is 2.19. The molecule has 0 aromatic rings. The highest BCUT2D eigenvalue weighted by atomic mass is 16.5. The van der Waals surface area contributed by atoms with Crippen LogP contribution in [0.4, 0.5) is 0 Å². The summed E-state index contributed by atoms with van der Waals surface area (Å²) in [5, 5.41) is 9.86. The number of ether oxygens (including phenoxy) is 1. The molecule has 2 nitrogen and oxygen atoms in total. The summed E-state index contributed by atoms with van der Waals surface area (Å²) in [5.74, 6) is 2.19. The van der Waals surface area contributed by atoms with E-state index in [0.717, 1.165) is 12.8 Å². The largest absolute Gasteiger partial charge is 0.492 e. The van der Waals surface area contributed by atoms with Crippen molar-refractivity contribution in [3.63, 3.8) is 0 Å². The molecule has 0 aromatic carbocycles. The summed E-state index contributed by atoms with van der Waals surface area (Å²) in [6.07, 6.45) is 2.04. The predicted molar refractivity (Wildman–Crippen MR) is 51.1 cm³/mol. The average molecular weight is 182 g/mol. The van der Waals surface area contributed by atoms with Gasteiger partial charge in [0.05, 0.1) is 0 Å². The van der Waals surface area contributed by atoms with E-state index in [1.807, 2.05) is 0 Å². The lowest BCUT2D eigenvalue weighted by molar-refractivity contribution is 0.121. The third-order valence-corrected chi connectivity index (χ3v) is 3.73. The van der Waals surface area contributed by atoms with E-state index in [1.165, 1.54) is 0 Å². The van der Waals surface area contributed by atoms with Crippen LogP contribution < -0.4 is 0 Å². The highest BCUT2D eigenvalue weighted by molar-refractivity contribution is 5.10. The van der Waals surface area contributed by atoms with Gasteiger partial charge in [-0.15, -0.1) is 0 Å². The molecule has 0 spiro atoms. The number of aliphatic hydroxyl groups is 1. The molecule has 0 aromatic heterocycles. The maximum atomic E-state index is 9.86. The van der Waals surface area contributed by atoms with Crippen molar-refractivity contribution in [1.29, 1.82) is 0 Å². The van der Waals surface area contributed by atoms with Crippen LogP contribution >= 0.6 is 0 Å². The number of fused-ring (bicyclic) bond motifs is 1. The van der Waals surface area contributed by atoms with Gasteiger partial charge in [-0.25, -0.2) is 0 Å². The Bertz CT molecular complexity index is 224. The van der Waals surface area contributed by atoms with Gasteiger partial charge in [0.2, 0.25) is 0 Å². The van der Waals surface area contributed by atoms with Gasteiger partial charge in [0.15, 0.2) is 0 Å². The highest BCUT2D eigenvalue weighted by Crippen LogP contribution is 2.48. The van der Waals surface area contributed by atoms with Crippen molar-refractivity contribution in [2.75, 3.05) is 0 Å². The minimum atomic E-state index is -0.417. The molecule has 0 radical (unpaired) electrons. The monoisotopic (exact) mass is 182 g/mol. The number of aliphatic hydroxyl groups excluding tert-OH is 1. The van der Waals surface area contributed by atoms with Gasteiger partial charge in [0.25, 0.3) is 0 Å². The van der Waals surface area contributed by atoms with Gasteiger partial charge in [-0.3, -0.25) is 0 Å². The Hall–Kier alpha value is -0.500. The second-order valence-corrected chi connectivity index (χ2v) is 4.43. The molecule has 1 aliphatic heterocycles. The Morgan fingerprint density at radius 2 is 2.31 bits per heavy atom. The highest BCUT2D eigenvalue weighted by Gasteiger charge is 2.50. The average Bonchev–Trinajstić information content (AvgIpc) is 2.51. The zero-order chi connectivity index (χ0) is 9.59. The lowest BCUT2D eigenvalue weighted by Gasteiger charge is -2.21. The SMILES string of the molecule is C=C1O[C@@H]2C[C@H](C)[C@@H](CC)[C@@H]2C1O. The van der Waals surface area contributed by atoms with Crippen molar-refractivity contribution in [3.8, 4) is 0 Å². The van der Waals surface area contributed by atoms with E-state index in [9.17, 15) is 5.11 Å². The zero-order valence-electron chi connectivity index (χ0n) is 8.36. The molecule has 1 unspecified atom stereocenters. The molecule has 74 valence electrons. The standard InChI is InChI=1S/C11H18O2/c1-4-8-6(2)5-9-10(8)11(12)7(3)13-9/h6,8-12H,3-5H2,1-2H3/t6-,8+,9+,10-,11?/m0/s1. The van der Waals surface area contributed by atoms with Crippen LogP contribution in [0.1, 0.15) is 26.7 Å². The van der Waals surface area contributed by atoms with Crippen molar-refractivity contribution >= 4 is 0 Å². The summed E-state index contributed by atoms with van der Waals surface area (Å²) in [7, 11) is 0. The second-order valence-electron chi connectivity index (χ2n) is 4.43. The predicted octanol–water partition coefficient (Wildman–Crippen LogP) is 1.94. The topological polar surface area (TPSA) is 29.5 Å². The van der Waals surface area contributed by atoms with Gasteiger partial charge in [0, 0.05) is 5.92 Å². The molecule has 0 amide bonds. The van der Waals surface area contributed by atoms with Crippen molar-refractivity contribution in [2.45, 2.75) is 38.9 Å². The minimum absolute atomic E-state index is 0.238.